The van der Waals surface area contributed by atoms with E-state index in [1.54, 1.807) is 43.3 Å². The van der Waals surface area contributed by atoms with Gasteiger partial charge in [0.1, 0.15) is 23.2 Å². The average molecular weight is 507 g/mol. The summed E-state index contributed by atoms with van der Waals surface area (Å²) in [6, 6.07) is 13.7. The van der Waals surface area contributed by atoms with Gasteiger partial charge in [0.25, 0.3) is 5.91 Å². The maximum absolute atomic E-state index is 13.5. The van der Waals surface area contributed by atoms with E-state index in [1.165, 1.54) is 24.4 Å². The third-order valence-corrected chi connectivity index (χ3v) is 5.85. The first-order chi connectivity index (χ1) is 17.4. The molecule has 0 saturated carbocycles. The summed E-state index contributed by atoms with van der Waals surface area (Å²) in [5.41, 5.74) is 2.81. The highest BCUT2D eigenvalue weighted by atomic mass is 35.5. The lowest BCUT2D eigenvalue weighted by Crippen LogP contribution is -2.37. The standard InChI is InChI=1S/C25H20ClFN6O3/c1-13-21(23(35)31-20-10-14(12-34)8-9-28-20)22(16-4-2-3-5-17(16)26)32-24(29-13)33-25-30-18-7-6-15(27)11-19(18)36-25/h2-11,22,34H,12H2,1H3,(H,28,31,35)(H2,29,30,32,33). The Morgan fingerprint density at radius 1 is 1.22 bits per heavy atom. The van der Waals surface area contributed by atoms with Gasteiger partial charge in [-0.1, -0.05) is 29.8 Å². The number of halogens is 2. The number of pyridine rings is 1. The zero-order valence-electron chi connectivity index (χ0n) is 18.9. The number of nitrogens with one attached hydrogen (secondary N) is 3. The second kappa shape index (κ2) is 9.76. The monoisotopic (exact) mass is 506 g/mol. The zero-order chi connectivity index (χ0) is 25.2. The number of benzene rings is 2. The lowest BCUT2D eigenvalue weighted by atomic mass is 9.95. The molecule has 0 saturated heterocycles. The van der Waals surface area contributed by atoms with Crippen LogP contribution in [0.3, 0.4) is 0 Å². The van der Waals surface area contributed by atoms with Gasteiger partial charge in [-0.25, -0.2) is 14.4 Å². The van der Waals surface area contributed by atoms with Gasteiger partial charge >= 0.3 is 6.01 Å². The van der Waals surface area contributed by atoms with Gasteiger partial charge in [-0.2, -0.15) is 4.98 Å². The second-order valence-corrected chi connectivity index (χ2v) is 8.39. The van der Waals surface area contributed by atoms with Crippen molar-refractivity contribution in [3.05, 3.63) is 94.0 Å². The molecule has 2 aromatic carbocycles. The molecule has 2 aromatic heterocycles. The lowest BCUT2D eigenvalue weighted by molar-refractivity contribution is -0.113. The van der Waals surface area contributed by atoms with Crippen LogP contribution in [0, 0.1) is 5.82 Å². The van der Waals surface area contributed by atoms with Crippen LogP contribution < -0.4 is 16.0 Å². The highest BCUT2D eigenvalue weighted by Crippen LogP contribution is 2.35. The number of aromatic nitrogens is 2. The van der Waals surface area contributed by atoms with Crippen LogP contribution in [0.15, 0.2) is 81.5 Å². The molecule has 4 N–H and O–H groups in total. The Bertz CT molecular complexity index is 1530. The van der Waals surface area contributed by atoms with E-state index in [4.69, 9.17) is 16.0 Å². The summed E-state index contributed by atoms with van der Waals surface area (Å²) in [7, 11) is 0. The van der Waals surface area contributed by atoms with Gasteiger partial charge in [0.15, 0.2) is 5.58 Å². The Labute approximate surface area is 209 Å². The van der Waals surface area contributed by atoms with Crippen LogP contribution >= 0.6 is 11.6 Å². The molecule has 0 aliphatic carbocycles. The SMILES string of the molecule is CC1=C(C(=O)Nc2cc(CO)ccn2)C(c2ccccc2Cl)N=C(Nc2nc3ccc(F)cc3o2)N1. The highest BCUT2D eigenvalue weighted by molar-refractivity contribution is 6.31. The fourth-order valence-electron chi connectivity index (χ4n) is 3.83. The average Bonchev–Trinajstić information content (AvgIpc) is 3.25. The highest BCUT2D eigenvalue weighted by Gasteiger charge is 2.31. The zero-order valence-corrected chi connectivity index (χ0v) is 19.7. The first-order valence-corrected chi connectivity index (χ1v) is 11.3. The number of guanidine groups is 1. The van der Waals surface area contributed by atoms with E-state index in [-0.39, 0.29) is 30.0 Å². The number of rotatable bonds is 5. The molecule has 1 unspecified atom stereocenters. The molecule has 1 amide bonds. The van der Waals surface area contributed by atoms with Gasteiger partial charge in [0.05, 0.1) is 12.2 Å². The summed E-state index contributed by atoms with van der Waals surface area (Å²) in [4.78, 5) is 26.5. The Hall–Kier alpha value is -4.28. The van der Waals surface area contributed by atoms with Crippen LogP contribution in [-0.2, 0) is 11.4 Å². The van der Waals surface area contributed by atoms with E-state index in [9.17, 15) is 14.3 Å². The number of allylic oxidation sites excluding steroid dienone is 1. The van der Waals surface area contributed by atoms with Crippen LogP contribution in [0.2, 0.25) is 5.02 Å². The molecule has 36 heavy (non-hydrogen) atoms. The smallest absolute Gasteiger partial charge is 0.302 e. The van der Waals surface area contributed by atoms with Crippen LogP contribution in [0.4, 0.5) is 16.2 Å². The van der Waals surface area contributed by atoms with Gasteiger partial charge in [-0.3, -0.25) is 10.1 Å². The Morgan fingerprint density at radius 3 is 2.86 bits per heavy atom. The molecular formula is C25H20ClFN6O3. The van der Waals surface area contributed by atoms with E-state index in [0.29, 0.717) is 32.9 Å². The molecule has 1 atom stereocenters. The number of anilines is 2. The number of aliphatic hydroxyl groups is 1. The van der Waals surface area contributed by atoms with Gasteiger partial charge in [-0.15, -0.1) is 0 Å². The molecule has 0 bridgehead atoms. The predicted molar refractivity (Wildman–Crippen MR) is 134 cm³/mol. The first-order valence-electron chi connectivity index (χ1n) is 10.9. The third-order valence-electron chi connectivity index (χ3n) is 5.51. The molecule has 9 nitrogen and oxygen atoms in total. The van der Waals surface area contributed by atoms with Crippen molar-refractivity contribution >= 4 is 46.4 Å². The minimum absolute atomic E-state index is 0.102. The normalized spacial score (nSPS) is 15.4. The van der Waals surface area contributed by atoms with Crippen molar-refractivity contribution in [1.82, 2.24) is 15.3 Å². The van der Waals surface area contributed by atoms with E-state index < -0.39 is 17.8 Å². The predicted octanol–water partition coefficient (Wildman–Crippen LogP) is 4.53. The van der Waals surface area contributed by atoms with E-state index in [1.807, 2.05) is 0 Å². The fourth-order valence-corrected chi connectivity index (χ4v) is 4.07. The number of carbonyl (C=O) groups excluding carboxylic acids is 1. The van der Waals surface area contributed by atoms with Crippen molar-refractivity contribution in [2.24, 2.45) is 4.99 Å². The number of oxazole rings is 1. The van der Waals surface area contributed by atoms with Crippen molar-refractivity contribution in [3.63, 3.8) is 0 Å². The molecule has 1 aliphatic heterocycles. The maximum atomic E-state index is 13.5. The molecule has 1 aliphatic rings. The number of aliphatic imine (C=N–C) groups is 1. The van der Waals surface area contributed by atoms with Gasteiger partial charge in [0, 0.05) is 28.5 Å². The maximum Gasteiger partial charge on any atom is 0.302 e. The molecule has 0 fully saturated rings. The summed E-state index contributed by atoms with van der Waals surface area (Å²) in [5, 5.41) is 18.6. The summed E-state index contributed by atoms with van der Waals surface area (Å²) in [6.45, 7) is 1.55. The van der Waals surface area contributed by atoms with Gasteiger partial charge < -0.3 is 20.2 Å². The topological polar surface area (TPSA) is 125 Å². The van der Waals surface area contributed by atoms with E-state index in [0.717, 1.165) is 0 Å². The van der Waals surface area contributed by atoms with Crippen molar-refractivity contribution in [1.29, 1.82) is 0 Å². The minimum Gasteiger partial charge on any atom is -0.423 e. The first kappa shape index (κ1) is 23.5. The Balaban J connectivity index is 1.48. The quantitative estimate of drug-likeness (QED) is 0.313. The molecule has 3 heterocycles. The number of aliphatic hydroxyl groups excluding tert-OH is 1. The Kier molecular flexibility index (Phi) is 6.36. The second-order valence-electron chi connectivity index (χ2n) is 7.98. The number of carbonyl (C=O) groups is 1. The van der Waals surface area contributed by atoms with Crippen LogP contribution in [0.5, 0.6) is 0 Å². The summed E-state index contributed by atoms with van der Waals surface area (Å²) in [5.74, 6) is -0.323. The summed E-state index contributed by atoms with van der Waals surface area (Å²) >= 11 is 6.48. The summed E-state index contributed by atoms with van der Waals surface area (Å²) in [6.07, 6.45) is 1.50. The van der Waals surface area contributed by atoms with Crippen LogP contribution in [0.25, 0.3) is 11.1 Å². The minimum atomic E-state index is -0.773. The number of fused-ring (bicyclic) bond motifs is 1. The number of amides is 1. The van der Waals surface area contributed by atoms with Crippen molar-refractivity contribution < 1.29 is 18.7 Å². The third kappa shape index (κ3) is 4.77. The van der Waals surface area contributed by atoms with E-state index in [2.05, 4.69) is 30.9 Å². The molecule has 0 radical (unpaired) electrons. The largest absolute Gasteiger partial charge is 0.423 e. The van der Waals surface area contributed by atoms with Crippen LogP contribution in [0.1, 0.15) is 24.1 Å². The molecule has 11 heteroatoms. The number of hydrogen-bond acceptors (Lipinski definition) is 8. The van der Waals surface area contributed by atoms with Crippen molar-refractivity contribution in [3.8, 4) is 0 Å². The lowest BCUT2D eigenvalue weighted by Gasteiger charge is -2.26. The van der Waals surface area contributed by atoms with Crippen molar-refractivity contribution in [2.45, 2.75) is 19.6 Å². The molecule has 4 aromatic rings. The van der Waals surface area contributed by atoms with Gasteiger partial charge in [-0.05, 0) is 42.8 Å². The van der Waals surface area contributed by atoms with Crippen molar-refractivity contribution in [2.75, 3.05) is 10.6 Å². The van der Waals surface area contributed by atoms with E-state index >= 15 is 0 Å². The van der Waals surface area contributed by atoms with Gasteiger partial charge in [0.2, 0.25) is 5.96 Å². The fraction of sp³-hybridized carbons (Fsp3) is 0.120. The molecule has 182 valence electrons. The molecule has 0 spiro atoms. The number of nitrogens with zero attached hydrogens (tertiary/aromatic N) is 3. The molecule has 5 rings (SSSR count). The number of hydrogen-bond donors (Lipinski definition) is 4. The Morgan fingerprint density at radius 2 is 2.06 bits per heavy atom. The summed E-state index contributed by atoms with van der Waals surface area (Å²) < 4.78 is 19.1. The molecular weight excluding hydrogens is 487 g/mol. The van der Waals surface area contributed by atoms with Crippen LogP contribution in [-0.4, -0.2) is 26.9 Å².